The van der Waals surface area contributed by atoms with Crippen LogP contribution in [-0.4, -0.2) is 6.00 Å². The van der Waals surface area contributed by atoms with Gasteiger partial charge in [-0.05, 0) is 11.8 Å². The molecular weight excluding hydrogens is 267 g/mol. The maximum absolute atomic E-state index is 6.27. The van der Waals surface area contributed by atoms with Gasteiger partial charge >= 0.3 is 6.00 Å². The van der Waals surface area contributed by atoms with Gasteiger partial charge in [0.25, 0.3) is 0 Å². The predicted molar refractivity (Wildman–Crippen MR) is 73.1 cm³/mol. The normalized spacial score (nSPS) is 32.2. The Morgan fingerprint density at radius 1 is 0.933 bits per heavy atom. The summed E-state index contributed by atoms with van der Waals surface area (Å²) < 4.78 is 0. The summed E-state index contributed by atoms with van der Waals surface area (Å²) in [6, 6.07) is -2.51. The average molecular weight is 288 g/mol. The first kappa shape index (κ1) is 14.1. The maximum atomic E-state index is 6.27. The van der Waals surface area contributed by atoms with Crippen LogP contribution in [0.25, 0.3) is 0 Å². The van der Waals surface area contributed by atoms with Crippen molar-refractivity contribution >= 4 is 39.2 Å². The van der Waals surface area contributed by atoms with E-state index in [1.165, 1.54) is 38.5 Å². The van der Waals surface area contributed by atoms with Crippen LogP contribution in [0.2, 0.25) is 5.54 Å². The zero-order chi connectivity index (χ0) is 11.5. The Kier molecular flexibility index (Phi) is 5.79. The van der Waals surface area contributed by atoms with Crippen LogP contribution in [0, 0.1) is 11.8 Å². The number of halogens is 3. The molecule has 2 atom stereocenters. The fourth-order valence-corrected chi connectivity index (χ4v) is 8.04. The highest BCUT2D eigenvalue weighted by molar-refractivity contribution is 7.65. The molecule has 1 rings (SSSR count). The third kappa shape index (κ3) is 3.80. The molecule has 1 aliphatic carbocycles. The van der Waals surface area contributed by atoms with Crippen LogP contribution in [0.4, 0.5) is 0 Å². The predicted octanol–water partition coefficient (Wildman–Crippen LogP) is 5.64. The molecule has 0 aromatic carbocycles. The second kappa shape index (κ2) is 6.14. The number of rotatable bonds is 5. The number of hydrogen-bond donors (Lipinski definition) is 0. The van der Waals surface area contributed by atoms with Crippen molar-refractivity contribution in [1.82, 2.24) is 0 Å². The van der Waals surface area contributed by atoms with Gasteiger partial charge in [0.2, 0.25) is 0 Å². The highest BCUT2D eigenvalue weighted by Crippen LogP contribution is 2.55. The zero-order valence-corrected chi connectivity index (χ0v) is 12.9. The summed E-state index contributed by atoms with van der Waals surface area (Å²) in [5, 5.41) is 0. The van der Waals surface area contributed by atoms with E-state index in [9.17, 15) is 0 Å². The lowest BCUT2D eigenvalue weighted by Crippen LogP contribution is -2.28. The third-order valence-corrected chi connectivity index (χ3v) is 7.59. The molecular formula is C11H21Cl3Si. The first-order chi connectivity index (χ1) is 7.00. The van der Waals surface area contributed by atoms with Crippen LogP contribution < -0.4 is 0 Å². The van der Waals surface area contributed by atoms with Gasteiger partial charge in [-0.3, -0.25) is 0 Å². The van der Waals surface area contributed by atoms with Crippen LogP contribution in [0.3, 0.4) is 0 Å². The van der Waals surface area contributed by atoms with Gasteiger partial charge in [0.05, 0.1) is 0 Å². The first-order valence-corrected chi connectivity index (χ1v) is 11.2. The van der Waals surface area contributed by atoms with Crippen LogP contribution in [-0.2, 0) is 0 Å². The molecule has 0 N–H and O–H groups in total. The molecule has 0 heterocycles. The van der Waals surface area contributed by atoms with Crippen LogP contribution in [0.1, 0.15) is 52.4 Å². The Labute approximate surface area is 109 Å². The van der Waals surface area contributed by atoms with Crippen molar-refractivity contribution in [2.24, 2.45) is 11.8 Å². The topological polar surface area (TPSA) is 0 Å². The van der Waals surface area contributed by atoms with Gasteiger partial charge in [-0.25, -0.2) is 0 Å². The fraction of sp³-hybridized carbons (Fsp3) is 1.00. The van der Waals surface area contributed by atoms with Gasteiger partial charge < -0.3 is 0 Å². The molecule has 0 bridgehead atoms. The summed E-state index contributed by atoms with van der Waals surface area (Å²) in [5.41, 5.74) is 0.419. The van der Waals surface area contributed by atoms with Crippen molar-refractivity contribution in [1.29, 1.82) is 0 Å². The van der Waals surface area contributed by atoms with Crippen molar-refractivity contribution in [3.05, 3.63) is 0 Å². The highest BCUT2D eigenvalue weighted by atomic mass is 35.8. The first-order valence-electron chi connectivity index (χ1n) is 6.07. The van der Waals surface area contributed by atoms with Gasteiger partial charge in [0.1, 0.15) is 0 Å². The standard InChI is InChI=1S/C11H21Cl3Si/c1-3-5-9-7-8-10(6-4-2)11(9)15(12,13)14/h9-11H,3-8H2,1-2H3. The number of hydrogen-bond acceptors (Lipinski definition) is 0. The second-order valence-corrected chi connectivity index (χ2v) is 13.6. The van der Waals surface area contributed by atoms with Crippen molar-refractivity contribution in [3.8, 4) is 0 Å². The van der Waals surface area contributed by atoms with Crippen molar-refractivity contribution < 1.29 is 0 Å². The quantitative estimate of drug-likeness (QED) is 0.453. The average Bonchev–Trinajstić information content (AvgIpc) is 2.48. The second-order valence-electron chi connectivity index (χ2n) is 4.74. The molecule has 0 aromatic heterocycles. The molecule has 1 saturated carbocycles. The maximum Gasteiger partial charge on any atom is 0.344 e. The summed E-state index contributed by atoms with van der Waals surface area (Å²) in [6.07, 6.45) is 7.48. The van der Waals surface area contributed by atoms with Gasteiger partial charge in [0, 0.05) is 5.54 Å². The van der Waals surface area contributed by atoms with E-state index in [0.717, 1.165) is 0 Å². The van der Waals surface area contributed by atoms with E-state index in [-0.39, 0.29) is 0 Å². The van der Waals surface area contributed by atoms with Gasteiger partial charge in [-0.2, -0.15) is 0 Å². The van der Waals surface area contributed by atoms with E-state index in [4.69, 9.17) is 33.2 Å². The van der Waals surface area contributed by atoms with Gasteiger partial charge in [-0.1, -0.05) is 52.4 Å². The molecule has 0 aliphatic heterocycles. The largest absolute Gasteiger partial charge is 0.344 e. The minimum absolute atomic E-state index is 0.419. The Bertz CT molecular complexity index is 177. The lowest BCUT2D eigenvalue weighted by Gasteiger charge is -2.29. The minimum atomic E-state index is -2.51. The van der Waals surface area contributed by atoms with E-state index in [1.54, 1.807) is 0 Å². The van der Waals surface area contributed by atoms with Gasteiger partial charge in [-0.15, -0.1) is 33.2 Å². The molecule has 0 aromatic rings. The van der Waals surface area contributed by atoms with Crippen LogP contribution in [0.15, 0.2) is 0 Å². The van der Waals surface area contributed by atoms with Crippen LogP contribution >= 0.6 is 33.2 Å². The molecule has 0 nitrogen and oxygen atoms in total. The summed E-state index contributed by atoms with van der Waals surface area (Å²) in [5.74, 6) is 1.37. The molecule has 4 heteroatoms. The summed E-state index contributed by atoms with van der Waals surface area (Å²) in [4.78, 5) is 0. The monoisotopic (exact) mass is 286 g/mol. The Morgan fingerprint density at radius 3 is 1.60 bits per heavy atom. The third-order valence-electron chi connectivity index (χ3n) is 3.62. The lowest BCUT2D eigenvalue weighted by atomic mass is 9.97. The smallest absolute Gasteiger partial charge is 0.126 e. The highest BCUT2D eigenvalue weighted by Gasteiger charge is 2.48. The molecule has 0 saturated heterocycles. The molecule has 90 valence electrons. The molecule has 0 radical (unpaired) electrons. The Balaban J connectivity index is 2.69. The fourth-order valence-electron chi connectivity index (χ4n) is 3.10. The van der Waals surface area contributed by atoms with Crippen molar-refractivity contribution in [2.75, 3.05) is 0 Å². The van der Waals surface area contributed by atoms with E-state index in [0.29, 0.717) is 17.4 Å². The summed E-state index contributed by atoms with van der Waals surface area (Å²) in [6.45, 7) is 4.45. The minimum Gasteiger partial charge on any atom is -0.126 e. The summed E-state index contributed by atoms with van der Waals surface area (Å²) in [7, 11) is 0. The van der Waals surface area contributed by atoms with E-state index in [2.05, 4.69) is 13.8 Å². The SMILES string of the molecule is CCCC1CCC(CCC)C1[Si](Cl)(Cl)Cl. The van der Waals surface area contributed by atoms with E-state index < -0.39 is 6.00 Å². The van der Waals surface area contributed by atoms with Crippen molar-refractivity contribution in [3.63, 3.8) is 0 Å². The van der Waals surface area contributed by atoms with Crippen molar-refractivity contribution in [2.45, 2.75) is 57.9 Å². The Morgan fingerprint density at radius 2 is 1.33 bits per heavy atom. The summed E-state index contributed by atoms with van der Waals surface area (Å²) >= 11 is 18.8. The molecule has 2 unspecified atom stereocenters. The lowest BCUT2D eigenvalue weighted by molar-refractivity contribution is 0.436. The molecule has 0 spiro atoms. The molecule has 1 fully saturated rings. The van der Waals surface area contributed by atoms with Crippen LogP contribution in [0.5, 0.6) is 0 Å². The molecule has 1 aliphatic rings. The zero-order valence-electron chi connectivity index (χ0n) is 9.61. The molecule has 15 heavy (non-hydrogen) atoms. The molecule has 0 amide bonds. The van der Waals surface area contributed by atoms with Gasteiger partial charge in [0.15, 0.2) is 0 Å². The Hall–Kier alpha value is 1.09. The van der Waals surface area contributed by atoms with E-state index >= 15 is 0 Å². The van der Waals surface area contributed by atoms with E-state index in [1.807, 2.05) is 0 Å².